The van der Waals surface area contributed by atoms with Gasteiger partial charge < -0.3 is 15.0 Å². The minimum atomic E-state index is 0.635. The first-order chi connectivity index (χ1) is 12.4. The first-order valence-electron chi connectivity index (χ1n) is 8.92. The Bertz CT molecular complexity index is 843. The number of nitrogens with one attached hydrogen (secondary N) is 1. The van der Waals surface area contributed by atoms with E-state index in [0.717, 1.165) is 38.4 Å². The number of rotatable bonds is 5. The zero-order valence-corrected chi connectivity index (χ0v) is 14.3. The van der Waals surface area contributed by atoms with Crippen LogP contribution in [0.5, 0.6) is 5.88 Å². The van der Waals surface area contributed by atoms with Gasteiger partial charge in [-0.15, -0.1) is 0 Å². The van der Waals surface area contributed by atoms with Crippen LogP contribution in [0.15, 0.2) is 60.7 Å². The van der Waals surface area contributed by atoms with E-state index < -0.39 is 0 Å². The first kappa shape index (κ1) is 15.9. The SMILES string of the molecule is c1cc(OCCc2ccc3ccccc3c2)nc(N2CCNCC2)c1. The van der Waals surface area contributed by atoms with E-state index in [-0.39, 0.29) is 0 Å². The number of piperazine rings is 1. The highest BCUT2D eigenvalue weighted by molar-refractivity contribution is 5.82. The number of aromatic nitrogens is 1. The van der Waals surface area contributed by atoms with Crippen molar-refractivity contribution in [3.63, 3.8) is 0 Å². The van der Waals surface area contributed by atoms with Gasteiger partial charge in [-0.3, -0.25) is 0 Å². The van der Waals surface area contributed by atoms with Crippen molar-refractivity contribution in [2.75, 3.05) is 37.7 Å². The van der Waals surface area contributed by atoms with E-state index in [4.69, 9.17) is 4.74 Å². The van der Waals surface area contributed by atoms with E-state index in [9.17, 15) is 0 Å². The van der Waals surface area contributed by atoms with Crippen molar-refractivity contribution in [1.82, 2.24) is 10.3 Å². The Morgan fingerprint density at radius 1 is 0.920 bits per heavy atom. The van der Waals surface area contributed by atoms with Crippen LogP contribution < -0.4 is 15.0 Å². The van der Waals surface area contributed by atoms with E-state index in [1.54, 1.807) is 0 Å². The Labute approximate surface area is 148 Å². The van der Waals surface area contributed by atoms with Gasteiger partial charge in [0.15, 0.2) is 0 Å². The number of hydrogen-bond acceptors (Lipinski definition) is 4. The molecule has 1 aromatic heterocycles. The molecule has 2 aromatic carbocycles. The maximum Gasteiger partial charge on any atom is 0.215 e. The summed E-state index contributed by atoms with van der Waals surface area (Å²) in [5, 5.41) is 5.92. The fraction of sp³-hybridized carbons (Fsp3) is 0.286. The molecule has 1 aliphatic heterocycles. The standard InChI is InChI=1S/C21H23N3O/c1-2-5-19-16-17(8-9-18(19)4-1)10-15-25-21-7-3-6-20(23-21)24-13-11-22-12-14-24/h1-9,16,22H,10-15H2. The summed E-state index contributed by atoms with van der Waals surface area (Å²) in [6.07, 6.45) is 0.879. The largest absolute Gasteiger partial charge is 0.477 e. The average molecular weight is 333 g/mol. The van der Waals surface area contributed by atoms with Crippen LogP contribution in [0.4, 0.5) is 5.82 Å². The predicted octanol–water partition coefficient (Wildman–Crippen LogP) is 3.27. The fourth-order valence-electron chi connectivity index (χ4n) is 3.22. The lowest BCUT2D eigenvalue weighted by atomic mass is 10.1. The number of anilines is 1. The van der Waals surface area contributed by atoms with Crippen LogP contribution >= 0.6 is 0 Å². The number of hydrogen-bond donors (Lipinski definition) is 1. The number of benzene rings is 2. The summed E-state index contributed by atoms with van der Waals surface area (Å²) < 4.78 is 5.90. The van der Waals surface area contributed by atoms with Gasteiger partial charge in [0.1, 0.15) is 5.82 Å². The van der Waals surface area contributed by atoms with Gasteiger partial charge in [-0.2, -0.15) is 4.98 Å². The molecule has 0 radical (unpaired) electrons. The first-order valence-corrected chi connectivity index (χ1v) is 8.92. The molecule has 25 heavy (non-hydrogen) atoms. The summed E-state index contributed by atoms with van der Waals surface area (Å²) in [5.41, 5.74) is 1.29. The topological polar surface area (TPSA) is 37.4 Å². The van der Waals surface area contributed by atoms with Crippen molar-refractivity contribution in [2.24, 2.45) is 0 Å². The van der Waals surface area contributed by atoms with E-state index >= 15 is 0 Å². The van der Waals surface area contributed by atoms with Crippen LogP contribution in [-0.2, 0) is 6.42 Å². The summed E-state index contributed by atoms with van der Waals surface area (Å²) in [4.78, 5) is 6.95. The summed E-state index contributed by atoms with van der Waals surface area (Å²) in [6.45, 7) is 4.64. The van der Waals surface area contributed by atoms with Crippen LogP contribution in [0, 0.1) is 0 Å². The zero-order valence-electron chi connectivity index (χ0n) is 14.3. The van der Waals surface area contributed by atoms with E-state index in [2.05, 4.69) is 63.7 Å². The lowest BCUT2D eigenvalue weighted by molar-refractivity contribution is 0.309. The number of nitrogens with zero attached hydrogens (tertiary/aromatic N) is 2. The lowest BCUT2D eigenvalue weighted by Gasteiger charge is -2.28. The highest BCUT2D eigenvalue weighted by atomic mass is 16.5. The van der Waals surface area contributed by atoms with Crippen LogP contribution in [0.25, 0.3) is 10.8 Å². The minimum Gasteiger partial charge on any atom is -0.477 e. The molecule has 3 aromatic rings. The summed E-state index contributed by atoms with van der Waals surface area (Å²) >= 11 is 0. The maximum absolute atomic E-state index is 5.90. The normalized spacial score (nSPS) is 14.6. The van der Waals surface area contributed by atoms with Crippen LogP contribution in [0.1, 0.15) is 5.56 Å². The molecule has 2 heterocycles. The Balaban J connectivity index is 1.37. The Kier molecular flexibility index (Phi) is 4.79. The van der Waals surface area contributed by atoms with Crippen molar-refractivity contribution in [3.8, 4) is 5.88 Å². The molecular formula is C21H23N3O. The second kappa shape index (κ2) is 7.53. The van der Waals surface area contributed by atoms with Gasteiger partial charge in [-0.05, 0) is 22.4 Å². The van der Waals surface area contributed by atoms with Gasteiger partial charge in [0, 0.05) is 38.7 Å². The lowest BCUT2D eigenvalue weighted by Crippen LogP contribution is -2.43. The molecule has 1 saturated heterocycles. The number of fused-ring (bicyclic) bond motifs is 1. The Hall–Kier alpha value is -2.59. The van der Waals surface area contributed by atoms with Gasteiger partial charge in [0.25, 0.3) is 0 Å². The molecule has 4 heteroatoms. The second-order valence-corrected chi connectivity index (χ2v) is 6.35. The van der Waals surface area contributed by atoms with Crippen LogP contribution in [0.3, 0.4) is 0 Å². The highest BCUT2D eigenvalue weighted by Gasteiger charge is 2.12. The average Bonchev–Trinajstić information content (AvgIpc) is 2.69. The van der Waals surface area contributed by atoms with Crippen LogP contribution in [-0.4, -0.2) is 37.8 Å². The van der Waals surface area contributed by atoms with Gasteiger partial charge in [-0.1, -0.05) is 48.5 Å². The molecule has 0 atom stereocenters. The zero-order chi connectivity index (χ0) is 16.9. The third kappa shape index (κ3) is 3.91. The third-order valence-corrected chi connectivity index (χ3v) is 4.60. The molecule has 0 unspecified atom stereocenters. The molecular weight excluding hydrogens is 310 g/mol. The molecule has 0 spiro atoms. The van der Waals surface area contributed by atoms with Gasteiger partial charge in [0.05, 0.1) is 6.61 Å². The second-order valence-electron chi connectivity index (χ2n) is 6.35. The summed E-state index contributed by atoms with van der Waals surface area (Å²) in [6, 6.07) is 21.0. The molecule has 0 aliphatic carbocycles. The molecule has 0 bridgehead atoms. The number of ether oxygens (including phenoxy) is 1. The van der Waals surface area contributed by atoms with Crippen LogP contribution in [0.2, 0.25) is 0 Å². The quantitative estimate of drug-likeness (QED) is 0.778. The molecule has 1 fully saturated rings. The summed E-state index contributed by atoms with van der Waals surface area (Å²) in [7, 11) is 0. The maximum atomic E-state index is 5.90. The minimum absolute atomic E-state index is 0.635. The van der Waals surface area contributed by atoms with Gasteiger partial charge in [0.2, 0.25) is 5.88 Å². The summed E-state index contributed by atoms with van der Waals surface area (Å²) in [5.74, 6) is 1.71. The highest BCUT2D eigenvalue weighted by Crippen LogP contribution is 2.18. The van der Waals surface area contributed by atoms with Crippen molar-refractivity contribution >= 4 is 16.6 Å². The molecule has 128 valence electrons. The fourth-order valence-corrected chi connectivity index (χ4v) is 3.22. The monoisotopic (exact) mass is 333 g/mol. The molecule has 1 aliphatic rings. The molecule has 1 N–H and O–H groups in total. The van der Waals surface area contributed by atoms with E-state index in [1.165, 1.54) is 16.3 Å². The molecule has 0 amide bonds. The smallest absolute Gasteiger partial charge is 0.215 e. The van der Waals surface area contributed by atoms with Crippen molar-refractivity contribution in [1.29, 1.82) is 0 Å². The Morgan fingerprint density at radius 3 is 2.64 bits per heavy atom. The molecule has 4 nitrogen and oxygen atoms in total. The molecule has 0 saturated carbocycles. The number of pyridine rings is 1. The third-order valence-electron chi connectivity index (χ3n) is 4.60. The molecule has 4 rings (SSSR count). The Morgan fingerprint density at radius 2 is 1.76 bits per heavy atom. The predicted molar refractivity (Wildman–Crippen MR) is 102 cm³/mol. The van der Waals surface area contributed by atoms with E-state index in [1.807, 2.05) is 12.1 Å². The van der Waals surface area contributed by atoms with Gasteiger partial charge >= 0.3 is 0 Å². The van der Waals surface area contributed by atoms with E-state index in [0.29, 0.717) is 12.5 Å². The van der Waals surface area contributed by atoms with Gasteiger partial charge in [-0.25, -0.2) is 0 Å². The van der Waals surface area contributed by atoms with Crippen molar-refractivity contribution < 1.29 is 4.74 Å². The van der Waals surface area contributed by atoms with Crippen molar-refractivity contribution in [2.45, 2.75) is 6.42 Å². The van der Waals surface area contributed by atoms with Crippen molar-refractivity contribution in [3.05, 3.63) is 66.2 Å².